The molecule has 22 heavy (non-hydrogen) atoms. The molecule has 1 aliphatic carbocycles. The smallest absolute Gasteiger partial charge is 0.311 e. The Labute approximate surface area is 131 Å². The molecule has 1 saturated heterocycles. The van der Waals surface area contributed by atoms with E-state index in [1.54, 1.807) is 11.3 Å². The molecule has 2 fully saturated rings. The van der Waals surface area contributed by atoms with Gasteiger partial charge in [0.05, 0.1) is 16.8 Å². The van der Waals surface area contributed by atoms with Gasteiger partial charge in [-0.15, -0.1) is 11.3 Å². The predicted molar refractivity (Wildman–Crippen MR) is 80.3 cm³/mol. The van der Waals surface area contributed by atoms with Crippen LogP contribution in [0.15, 0.2) is 22.0 Å². The lowest BCUT2D eigenvalue weighted by Gasteiger charge is -2.23. The Morgan fingerprint density at radius 3 is 3.23 bits per heavy atom. The normalized spacial score (nSPS) is 28.1. The van der Waals surface area contributed by atoms with Crippen LogP contribution < -0.4 is 0 Å². The van der Waals surface area contributed by atoms with Crippen LogP contribution in [0, 0.1) is 11.3 Å². The van der Waals surface area contributed by atoms with E-state index in [0.29, 0.717) is 24.8 Å². The average Bonchev–Trinajstić information content (AvgIpc) is 3.22. The summed E-state index contributed by atoms with van der Waals surface area (Å²) in [7, 11) is 0. The van der Waals surface area contributed by atoms with Crippen LogP contribution in [0.5, 0.6) is 0 Å². The van der Waals surface area contributed by atoms with Crippen LogP contribution in [-0.4, -0.2) is 39.2 Å². The summed E-state index contributed by atoms with van der Waals surface area (Å²) in [5, 5.41) is 15.6. The quantitative estimate of drug-likeness (QED) is 0.932. The number of carboxylic acids is 1. The third kappa shape index (κ3) is 2.16. The van der Waals surface area contributed by atoms with E-state index in [1.807, 2.05) is 17.5 Å². The van der Waals surface area contributed by atoms with E-state index in [-0.39, 0.29) is 5.92 Å². The molecule has 0 aromatic carbocycles. The maximum absolute atomic E-state index is 11.7. The highest BCUT2D eigenvalue weighted by molar-refractivity contribution is 7.13. The summed E-state index contributed by atoms with van der Waals surface area (Å²) in [6, 6.07) is 3.91. The number of hydrogen-bond acceptors (Lipinski definition) is 6. The minimum Gasteiger partial charge on any atom is -0.481 e. The highest BCUT2D eigenvalue weighted by Gasteiger charge is 2.54. The van der Waals surface area contributed by atoms with Crippen molar-refractivity contribution in [1.82, 2.24) is 15.0 Å². The first kappa shape index (κ1) is 13.9. The Hall–Kier alpha value is -1.73. The first-order valence-corrected chi connectivity index (χ1v) is 8.37. The number of rotatable bonds is 4. The lowest BCUT2D eigenvalue weighted by molar-refractivity contribution is -0.149. The Kier molecular flexibility index (Phi) is 3.27. The third-order valence-corrected chi connectivity index (χ3v) is 5.80. The Morgan fingerprint density at radius 1 is 1.59 bits per heavy atom. The Morgan fingerprint density at radius 2 is 2.50 bits per heavy atom. The molecule has 1 saturated carbocycles. The highest BCUT2D eigenvalue weighted by Crippen LogP contribution is 2.49. The zero-order valence-electron chi connectivity index (χ0n) is 12.1. The van der Waals surface area contributed by atoms with E-state index in [2.05, 4.69) is 15.0 Å². The molecule has 2 aromatic heterocycles. The highest BCUT2D eigenvalue weighted by atomic mass is 32.1. The van der Waals surface area contributed by atoms with Crippen LogP contribution in [0.1, 0.15) is 25.2 Å². The molecule has 4 rings (SSSR count). The summed E-state index contributed by atoms with van der Waals surface area (Å²) in [6.45, 7) is 1.93. The van der Waals surface area contributed by atoms with E-state index in [9.17, 15) is 9.90 Å². The van der Waals surface area contributed by atoms with Crippen LogP contribution in [0.25, 0.3) is 10.7 Å². The lowest BCUT2D eigenvalue weighted by atomic mass is 9.81. The van der Waals surface area contributed by atoms with Crippen LogP contribution in [0.3, 0.4) is 0 Å². The maximum atomic E-state index is 11.7. The van der Waals surface area contributed by atoms with Gasteiger partial charge in [0.25, 0.3) is 0 Å². The van der Waals surface area contributed by atoms with Crippen molar-refractivity contribution in [3.05, 3.63) is 23.4 Å². The molecule has 6 nitrogen and oxygen atoms in total. The lowest BCUT2D eigenvalue weighted by Crippen LogP contribution is -2.35. The van der Waals surface area contributed by atoms with Crippen molar-refractivity contribution in [3.8, 4) is 10.7 Å². The van der Waals surface area contributed by atoms with Crippen LogP contribution in [-0.2, 0) is 11.3 Å². The van der Waals surface area contributed by atoms with Crippen molar-refractivity contribution in [2.45, 2.75) is 25.8 Å². The maximum Gasteiger partial charge on any atom is 0.311 e. The van der Waals surface area contributed by atoms with Crippen molar-refractivity contribution >= 4 is 17.3 Å². The van der Waals surface area contributed by atoms with E-state index in [4.69, 9.17) is 4.52 Å². The summed E-state index contributed by atoms with van der Waals surface area (Å²) in [5.74, 6) is 0.772. The van der Waals surface area contributed by atoms with Gasteiger partial charge < -0.3 is 9.63 Å². The number of thiophene rings is 1. The van der Waals surface area contributed by atoms with Crippen LogP contribution in [0.2, 0.25) is 0 Å². The molecule has 7 heteroatoms. The van der Waals surface area contributed by atoms with Crippen molar-refractivity contribution in [1.29, 1.82) is 0 Å². The van der Waals surface area contributed by atoms with Gasteiger partial charge in [0.2, 0.25) is 11.7 Å². The molecule has 0 amide bonds. The first-order chi connectivity index (χ1) is 10.7. The molecule has 0 bridgehead atoms. The molecule has 3 heterocycles. The zero-order chi connectivity index (χ0) is 15.2. The fourth-order valence-electron chi connectivity index (χ4n) is 3.88. The first-order valence-electron chi connectivity index (χ1n) is 7.49. The molecule has 2 aromatic rings. The van der Waals surface area contributed by atoms with Gasteiger partial charge in [0.1, 0.15) is 0 Å². The molecule has 0 spiro atoms. The van der Waals surface area contributed by atoms with Crippen molar-refractivity contribution < 1.29 is 14.4 Å². The molecule has 1 N–H and O–H groups in total. The second-order valence-corrected chi connectivity index (χ2v) is 7.16. The summed E-state index contributed by atoms with van der Waals surface area (Å²) in [6.07, 6.45) is 2.81. The van der Waals surface area contributed by atoms with E-state index in [1.165, 1.54) is 0 Å². The number of aromatic nitrogens is 2. The Balaban J connectivity index is 1.48. The largest absolute Gasteiger partial charge is 0.481 e. The summed E-state index contributed by atoms with van der Waals surface area (Å²) < 4.78 is 5.32. The topological polar surface area (TPSA) is 79.5 Å². The third-order valence-electron chi connectivity index (χ3n) is 4.94. The minimum atomic E-state index is -0.651. The van der Waals surface area contributed by atoms with Gasteiger partial charge in [-0.25, -0.2) is 0 Å². The minimum absolute atomic E-state index is 0.254. The van der Waals surface area contributed by atoms with Gasteiger partial charge in [-0.2, -0.15) is 4.98 Å². The summed E-state index contributed by atoms with van der Waals surface area (Å²) >= 11 is 1.57. The molecular formula is C15H17N3O3S. The van der Waals surface area contributed by atoms with E-state index >= 15 is 0 Å². The molecular weight excluding hydrogens is 302 g/mol. The second-order valence-electron chi connectivity index (χ2n) is 6.21. The number of carbonyl (C=O) groups is 1. The van der Waals surface area contributed by atoms with Gasteiger partial charge in [-0.1, -0.05) is 17.6 Å². The van der Waals surface area contributed by atoms with Crippen molar-refractivity contribution in [2.24, 2.45) is 11.3 Å². The molecule has 0 unspecified atom stereocenters. The number of fused-ring (bicyclic) bond motifs is 1. The van der Waals surface area contributed by atoms with Gasteiger partial charge in [-0.05, 0) is 30.2 Å². The molecule has 0 radical (unpaired) electrons. The summed E-state index contributed by atoms with van der Waals surface area (Å²) in [5.41, 5.74) is -0.559. The van der Waals surface area contributed by atoms with Gasteiger partial charge in [0, 0.05) is 13.1 Å². The van der Waals surface area contributed by atoms with Crippen LogP contribution in [0.4, 0.5) is 0 Å². The summed E-state index contributed by atoms with van der Waals surface area (Å²) in [4.78, 5) is 19.2. The second kappa shape index (κ2) is 5.17. The van der Waals surface area contributed by atoms with Crippen molar-refractivity contribution in [2.75, 3.05) is 13.1 Å². The Bertz CT molecular complexity index is 684. The zero-order valence-corrected chi connectivity index (χ0v) is 12.9. The number of hydrogen-bond donors (Lipinski definition) is 1. The predicted octanol–water partition coefficient (Wildman–Crippen LogP) is 2.48. The van der Waals surface area contributed by atoms with Gasteiger partial charge in [0.15, 0.2) is 0 Å². The van der Waals surface area contributed by atoms with Gasteiger partial charge >= 0.3 is 5.97 Å². The van der Waals surface area contributed by atoms with Gasteiger partial charge in [-0.3, -0.25) is 9.69 Å². The van der Waals surface area contributed by atoms with E-state index in [0.717, 1.165) is 30.7 Å². The molecule has 2 aliphatic rings. The molecule has 116 valence electrons. The fraction of sp³-hybridized carbons (Fsp3) is 0.533. The molecule has 1 aliphatic heterocycles. The standard InChI is InChI=1S/C15H17N3O3S/c19-14(20)15-5-1-3-10(15)7-18(9-15)8-12-16-13(17-21-12)11-4-2-6-22-11/h2,4,6,10H,1,3,5,7-9H2,(H,19,20)/t10-,15+/m0/s1. The number of carboxylic acid groups (broad SMARTS) is 1. The number of nitrogens with zero attached hydrogens (tertiary/aromatic N) is 3. The monoisotopic (exact) mass is 319 g/mol. The average molecular weight is 319 g/mol. The van der Waals surface area contributed by atoms with Crippen LogP contribution >= 0.6 is 11.3 Å². The van der Waals surface area contributed by atoms with E-state index < -0.39 is 11.4 Å². The number of aliphatic carboxylic acids is 1. The molecule has 2 atom stereocenters. The fourth-order valence-corrected chi connectivity index (χ4v) is 4.53. The number of likely N-dealkylation sites (tertiary alicyclic amines) is 1. The SMILES string of the molecule is O=C(O)[C@@]12CCC[C@H]1CN(Cc1nc(-c3cccs3)no1)C2. The van der Waals surface area contributed by atoms with Crippen molar-refractivity contribution in [3.63, 3.8) is 0 Å².